The second kappa shape index (κ2) is 9.03. The van der Waals surface area contributed by atoms with Crippen molar-refractivity contribution in [2.75, 3.05) is 38.2 Å². The summed E-state index contributed by atoms with van der Waals surface area (Å²) in [7, 11) is 1.54. The van der Waals surface area contributed by atoms with Gasteiger partial charge < -0.3 is 19.9 Å². The summed E-state index contributed by atoms with van der Waals surface area (Å²) >= 11 is 0. The van der Waals surface area contributed by atoms with E-state index in [9.17, 15) is 14.4 Å². The Balaban J connectivity index is 1.52. The molecule has 0 aliphatic carbocycles. The van der Waals surface area contributed by atoms with Gasteiger partial charge in [-0.3, -0.25) is 14.4 Å². The molecule has 3 rings (SSSR count). The number of hydrogen-bond acceptors (Lipinski definition) is 4. The smallest absolute Gasteiger partial charge is 0.316 e. The Morgan fingerprint density at radius 1 is 1.04 bits per heavy atom. The minimum Gasteiger partial charge on any atom is -0.497 e. The van der Waals surface area contributed by atoms with Crippen LogP contribution in [0, 0.1) is 0 Å². The van der Waals surface area contributed by atoms with Gasteiger partial charge in [0, 0.05) is 31.4 Å². The summed E-state index contributed by atoms with van der Waals surface area (Å²) in [5, 5.41) is 2.80. The zero-order valence-corrected chi connectivity index (χ0v) is 15.8. The van der Waals surface area contributed by atoms with E-state index in [1.165, 1.54) is 9.80 Å². The van der Waals surface area contributed by atoms with Gasteiger partial charge in [-0.1, -0.05) is 36.4 Å². The summed E-state index contributed by atoms with van der Waals surface area (Å²) < 4.78 is 5.16. The zero-order valence-electron chi connectivity index (χ0n) is 15.8. The molecule has 2 aromatic carbocycles. The van der Waals surface area contributed by atoms with Gasteiger partial charge in [-0.15, -0.1) is 0 Å². The van der Waals surface area contributed by atoms with E-state index in [1.807, 2.05) is 30.3 Å². The molecule has 1 saturated heterocycles. The molecule has 1 heterocycles. The van der Waals surface area contributed by atoms with E-state index in [4.69, 9.17) is 4.74 Å². The summed E-state index contributed by atoms with van der Waals surface area (Å²) in [6, 6.07) is 16.8. The predicted octanol–water partition coefficient (Wildman–Crippen LogP) is 1.23. The molecule has 0 unspecified atom stereocenters. The highest BCUT2D eigenvalue weighted by atomic mass is 16.5. The third-order valence-electron chi connectivity index (χ3n) is 4.59. The number of piperazine rings is 1. The van der Waals surface area contributed by atoms with Gasteiger partial charge in [0.1, 0.15) is 12.3 Å². The molecule has 0 saturated carbocycles. The first-order chi connectivity index (χ1) is 13.6. The Kier molecular flexibility index (Phi) is 6.26. The normalized spacial score (nSPS) is 14.2. The van der Waals surface area contributed by atoms with Gasteiger partial charge in [0.25, 0.3) is 0 Å². The van der Waals surface area contributed by atoms with E-state index in [2.05, 4.69) is 5.32 Å². The Bertz CT molecular complexity index is 854. The molecular weight excluding hydrogens is 358 g/mol. The highest BCUT2D eigenvalue weighted by molar-refractivity contribution is 6.41. The van der Waals surface area contributed by atoms with Crippen LogP contribution in [0.1, 0.15) is 5.56 Å². The fourth-order valence-corrected chi connectivity index (χ4v) is 3.07. The minimum absolute atomic E-state index is 0.120. The predicted molar refractivity (Wildman–Crippen MR) is 105 cm³/mol. The molecule has 28 heavy (non-hydrogen) atoms. The first-order valence-corrected chi connectivity index (χ1v) is 9.14. The van der Waals surface area contributed by atoms with Crippen molar-refractivity contribution in [2.45, 2.75) is 6.42 Å². The number of carbonyl (C=O) groups is 3. The fourth-order valence-electron chi connectivity index (χ4n) is 3.07. The number of amides is 3. The molecule has 7 nitrogen and oxygen atoms in total. The van der Waals surface area contributed by atoms with Crippen LogP contribution >= 0.6 is 0 Å². The van der Waals surface area contributed by atoms with Crippen molar-refractivity contribution >= 4 is 23.4 Å². The maximum Gasteiger partial charge on any atom is 0.316 e. The van der Waals surface area contributed by atoms with E-state index in [0.29, 0.717) is 37.5 Å². The van der Waals surface area contributed by atoms with Crippen LogP contribution in [0.2, 0.25) is 0 Å². The molecule has 0 radical (unpaired) electrons. The third-order valence-corrected chi connectivity index (χ3v) is 4.59. The standard InChI is InChI=1S/C21H23N3O4/c1-28-18-9-5-8-17(14-18)24-13-12-23(20(26)21(24)27)15-19(25)22-11-10-16-6-3-2-4-7-16/h2-9,14H,10-13,15H2,1H3,(H,22,25). The van der Waals surface area contributed by atoms with Gasteiger partial charge in [0.15, 0.2) is 0 Å². The Morgan fingerprint density at radius 3 is 2.57 bits per heavy atom. The molecule has 1 N–H and O–H groups in total. The topological polar surface area (TPSA) is 79.0 Å². The number of nitrogens with one attached hydrogen (secondary N) is 1. The molecule has 2 aromatic rings. The fraction of sp³-hybridized carbons (Fsp3) is 0.286. The Morgan fingerprint density at radius 2 is 1.82 bits per heavy atom. The van der Waals surface area contributed by atoms with Crippen LogP contribution in [-0.2, 0) is 20.8 Å². The van der Waals surface area contributed by atoms with Crippen LogP contribution in [0.25, 0.3) is 0 Å². The van der Waals surface area contributed by atoms with Crippen molar-refractivity contribution in [1.29, 1.82) is 0 Å². The average molecular weight is 381 g/mol. The van der Waals surface area contributed by atoms with E-state index in [1.54, 1.807) is 31.4 Å². The van der Waals surface area contributed by atoms with Crippen LogP contribution in [0.3, 0.4) is 0 Å². The molecule has 1 aliphatic heterocycles. The lowest BCUT2D eigenvalue weighted by Gasteiger charge is -2.33. The van der Waals surface area contributed by atoms with Crippen LogP contribution in [0.5, 0.6) is 5.75 Å². The van der Waals surface area contributed by atoms with Crippen molar-refractivity contribution in [3.63, 3.8) is 0 Å². The van der Waals surface area contributed by atoms with E-state index < -0.39 is 11.8 Å². The van der Waals surface area contributed by atoms with Crippen molar-refractivity contribution in [1.82, 2.24) is 10.2 Å². The number of ether oxygens (including phenoxy) is 1. The molecule has 0 aromatic heterocycles. The molecule has 146 valence electrons. The summed E-state index contributed by atoms with van der Waals surface area (Å²) in [6.07, 6.45) is 0.711. The number of rotatable bonds is 7. The lowest BCUT2D eigenvalue weighted by molar-refractivity contribution is -0.147. The Labute approximate surface area is 163 Å². The van der Waals surface area contributed by atoms with Crippen LogP contribution in [0.15, 0.2) is 54.6 Å². The van der Waals surface area contributed by atoms with Gasteiger partial charge in [-0.05, 0) is 24.1 Å². The van der Waals surface area contributed by atoms with Crippen molar-refractivity contribution in [2.24, 2.45) is 0 Å². The van der Waals surface area contributed by atoms with E-state index in [-0.39, 0.29) is 12.5 Å². The highest BCUT2D eigenvalue weighted by Gasteiger charge is 2.34. The Hall–Kier alpha value is -3.35. The minimum atomic E-state index is -0.674. The largest absolute Gasteiger partial charge is 0.497 e. The lowest BCUT2D eigenvalue weighted by Crippen LogP contribution is -2.56. The summed E-state index contributed by atoms with van der Waals surface area (Å²) in [6.45, 7) is 0.989. The van der Waals surface area contributed by atoms with E-state index in [0.717, 1.165) is 5.56 Å². The molecule has 0 spiro atoms. The van der Waals surface area contributed by atoms with E-state index >= 15 is 0 Å². The molecule has 1 aliphatic rings. The summed E-state index contributed by atoms with van der Waals surface area (Å²) in [5.74, 6) is -0.978. The summed E-state index contributed by atoms with van der Waals surface area (Å²) in [5.41, 5.74) is 1.73. The van der Waals surface area contributed by atoms with Gasteiger partial charge in [0.05, 0.1) is 7.11 Å². The summed E-state index contributed by atoms with van der Waals surface area (Å²) in [4.78, 5) is 39.7. The van der Waals surface area contributed by atoms with Crippen LogP contribution in [-0.4, -0.2) is 55.9 Å². The quantitative estimate of drug-likeness (QED) is 0.732. The van der Waals surface area contributed by atoms with Crippen molar-refractivity contribution in [3.05, 3.63) is 60.2 Å². The van der Waals surface area contributed by atoms with Crippen LogP contribution < -0.4 is 15.0 Å². The monoisotopic (exact) mass is 381 g/mol. The molecule has 3 amide bonds. The van der Waals surface area contributed by atoms with Gasteiger partial charge in [0.2, 0.25) is 5.91 Å². The van der Waals surface area contributed by atoms with Gasteiger partial charge in [-0.25, -0.2) is 0 Å². The lowest BCUT2D eigenvalue weighted by atomic mass is 10.1. The average Bonchev–Trinajstić information content (AvgIpc) is 2.72. The van der Waals surface area contributed by atoms with Crippen molar-refractivity contribution < 1.29 is 19.1 Å². The molecule has 1 fully saturated rings. The third kappa shape index (κ3) is 4.68. The second-order valence-corrected chi connectivity index (χ2v) is 6.47. The maximum atomic E-state index is 12.5. The van der Waals surface area contributed by atoms with Crippen molar-refractivity contribution in [3.8, 4) is 5.75 Å². The number of nitrogens with zero attached hydrogens (tertiary/aromatic N) is 2. The van der Waals surface area contributed by atoms with Gasteiger partial charge >= 0.3 is 11.8 Å². The second-order valence-electron chi connectivity index (χ2n) is 6.47. The number of carbonyl (C=O) groups excluding carboxylic acids is 3. The van der Waals surface area contributed by atoms with Crippen LogP contribution in [0.4, 0.5) is 5.69 Å². The molecule has 0 atom stereocenters. The number of anilines is 1. The first-order valence-electron chi connectivity index (χ1n) is 9.14. The number of hydrogen-bond donors (Lipinski definition) is 1. The molecule has 7 heteroatoms. The SMILES string of the molecule is COc1cccc(N2CCN(CC(=O)NCCc3ccccc3)C(=O)C2=O)c1. The molecular formula is C21H23N3O4. The first kappa shape index (κ1) is 19.4. The maximum absolute atomic E-state index is 12.5. The number of benzene rings is 2. The number of methoxy groups -OCH3 is 1. The molecule has 0 bridgehead atoms. The zero-order chi connectivity index (χ0) is 19.9. The van der Waals surface area contributed by atoms with Gasteiger partial charge in [-0.2, -0.15) is 0 Å². The highest BCUT2D eigenvalue weighted by Crippen LogP contribution is 2.23.